The zero-order chi connectivity index (χ0) is 10.8. The van der Waals surface area contributed by atoms with Gasteiger partial charge in [0, 0.05) is 12.1 Å². The van der Waals surface area contributed by atoms with Gasteiger partial charge in [-0.2, -0.15) is 11.8 Å². The fraction of sp³-hybridized carbons (Fsp3) is 0.455. The van der Waals surface area contributed by atoms with Crippen molar-refractivity contribution in [1.29, 1.82) is 0 Å². The minimum absolute atomic E-state index is 0.245. The molecule has 2 unspecified atom stereocenters. The Labute approximate surface area is 92.0 Å². The Kier molecular flexibility index (Phi) is 3.26. The smallest absolute Gasteiger partial charge is 0.126 e. The van der Waals surface area contributed by atoms with Crippen molar-refractivity contribution in [2.75, 3.05) is 11.5 Å². The SMILES string of the molecule is NC(c1cc(F)cc(F)c1)C1CCSC1. The number of benzene rings is 1. The summed E-state index contributed by atoms with van der Waals surface area (Å²) in [5, 5.41) is 0. The van der Waals surface area contributed by atoms with Gasteiger partial charge in [0.1, 0.15) is 11.6 Å². The Morgan fingerprint density at radius 3 is 2.47 bits per heavy atom. The topological polar surface area (TPSA) is 26.0 Å². The molecule has 82 valence electrons. The fourth-order valence-electron chi connectivity index (χ4n) is 1.88. The van der Waals surface area contributed by atoms with E-state index in [4.69, 9.17) is 5.73 Å². The van der Waals surface area contributed by atoms with Crippen molar-refractivity contribution in [3.8, 4) is 0 Å². The molecule has 0 bridgehead atoms. The van der Waals surface area contributed by atoms with Gasteiger partial charge in [0.2, 0.25) is 0 Å². The van der Waals surface area contributed by atoms with Gasteiger partial charge < -0.3 is 5.73 Å². The lowest BCUT2D eigenvalue weighted by atomic mass is 9.93. The summed E-state index contributed by atoms with van der Waals surface area (Å²) in [6.45, 7) is 0. The van der Waals surface area contributed by atoms with E-state index in [1.165, 1.54) is 12.1 Å². The first-order valence-electron chi connectivity index (χ1n) is 4.96. The van der Waals surface area contributed by atoms with Gasteiger partial charge in [-0.1, -0.05) is 0 Å². The zero-order valence-electron chi connectivity index (χ0n) is 8.25. The van der Waals surface area contributed by atoms with Gasteiger partial charge in [-0.05, 0) is 41.5 Å². The number of hydrogen-bond donors (Lipinski definition) is 1. The van der Waals surface area contributed by atoms with Crippen molar-refractivity contribution >= 4 is 11.8 Å². The number of halogens is 2. The van der Waals surface area contributed by atoms with Crippen molar-refractivity contribution in [2.45, 2.75) is 12.5 Å². The summed E-state index contributed by atoms with van der Waals surface area (Å²) < 4.78 is 25.9. The van der Waals surface area contributed by atoms with Crippen LogP contribution in [-0.4, -0.2) is 11.5 Å². The average Bonchev–Trinajstić information content (AvgIpc) is 2.67. The molecule has 1 heterocycles. The summed E-state index contributed by atoms with van der Waals surface area (Å²) in [6, 6.07) is 3.29. The van der Waals surface area contributed by atoms with Gasteiger partial charge in [-0.25, -0.2) is 8.78 Å². The first-order valence-corrected chi connectivity index (χ1v) is 6.11. The summed E-state index contributed by atoms with van der Waals surface area (Å²) >= 11 is 1.85. The van der Waals surface area contributed by atoms with E-state index in [1.54, 1.807) is 0 Å². The second kappa shape index (κ2) is 4.49. The summed E-state index contributed by atoms with van der Waals surface area (Å²) in [5.74, 6) is 1.32. The summed E-state index contributed by atoms with van der Waals surface area (Å²) in [5.41, 5.74) is 6.56. The Hall–Kier alpha value is -0.610. The summed E-state index contributed by atoms with van der Waals surface area (Å²) in [6.07, 6.45) is 1.03. The van der Waals surface area contributed by atoms with E-state index in [0.29, 0.717) is 11.5 Å². The lowest BCUT2D eigenvalue weighted by molar-refractivity contribution is 0.475. The molecule has 0 radical (unpaired) electrons. The van der Waals surface area contributed by atoms with Gasteiger partial charge >= 0.3 is 0 Å². The molecule has 2 N–H and O–H groups in total. The third-order valence-electron chi connectivity index (χ3n) is 2.74. The molecule has 0 amide bonds. The molecule has 0 spiro atoms. The number of rotatable bonds is 2. The fourth-order valence-corrected chi connectivity index (χ4v) is 3.19. The van der Waals surface area contributed by atoms with Crippen LogP contribution in [0.25, 0.3) is 0 Å². The third-order valence-corrected chi connectivity index (χ3v) is 3.93. The molecule has 15 heavy (non-hydrogen) atoms. The molecule has 1 saturated heterocycles. The van der Waals surface area contributed by atoms with Crippen LogP contribution in [0.3, 0.4) is 0 Å². The predicted molar refractivity (Wildman–Crippen MR) is 58.7 cm³/mol. The molecule has 0 aromatic heterocycles. The Morgan fingerprint density at radius 2 is 1.93 bits per heavy atom. The first-order chi connectivity index (χ1) is 7.16. The molecule has 0 aliphatic carbocycles. The molecule has 1 aromatic carbocycles. The molecule has 1 aromatic rings. The molecule has 4 heteroatoms. The Morgan fingerprint density at radius 1 is 1.27 bits per heavy atom. The zero-order valence-corrected chi connectivity index (χ0v) is 9.07. The van der Waals surface area contributed by atoms with Crippen LogP contribution in [0.4, 0.5) is 8.78 Å². The van der Waals surface area contributed by atoms with Crippen LogP contribution in [-0.2, 0) is 0 Å². The van der Waals surface area contributed by atoms with Gasteiger partial charge in [0.05, 0.1) is 0 Å². The maximum absolute atomic E-state index is 13.0. The first kappa shape index (κ1) is 10.9. The molecule has 1 nitrogen and oxygen atoms in total. The highest BCUT2D eigenvalue weighted by Gasteiger charge is 2.24. The lowest BCUT2D eigenvalue weighted by Crippen LogP contribution is -2.21. The monoisotopic (exact) mass is 229 g/mol. The van der Waals surface area contributed by atoms with Crippen LogP contribution >= 0.6 is 11.8 Å². The Balaban J connectivity index is 2.20. The highest BCUT2D eigenvalue weighted by Crippen LogP contribution is 2.32. The standard InChI is InChI=1S/C11H13F2NS/c12-9-3-8(4-10(13)5-9)11(14)7-1-2-15-6-7/h3-5,7,11H,1-2,6,14H2. The second-order valence-corrected chi connectivity index (χ2v) is 5.00. The van der Waals surface area contributed by atoms with Crippen LogP contribution < -0.4 is 5.73 Å². The minimum atomic E-state index is -0.550. The van der Waals surface area contributed by atoms with Gasteiger partial charge in [-0.15, -0.1) is 0 Å². The molecule has 0 saturated carbocycles. The average molecular weight is 229 g/mol. The van der Waals surface area contributed by atoms with Crippen LogP contribution in [0.1, 0.15) is 18.0 Å². The number of thioether (sulfide) groups is 1. The number of hydrogen-bond acceptors (Lipinski definition) is 2. The van der Waals surface area contributed by atoms with E-state index in [2.05, 4.69) is 0 Å². The van der Waals surface area contributed by atoms with Crippen molar-refractivity contribution in [3.63, 3.8) is 0 Å². The quantitative estimate of drug-likeness (QED) is 0.843. The second-order valence-electron chi connectivity index (χ2n) is 3.85. The van der Waals surface area contributed by atoms with Gasteiger partial charge in [-0.3, -0.25) is 0 Å². The summed E-state index contributed by atoms with van der Waals surface area (Å²) in [4.78, 5) is 0. The van der Waals surface area contributed by atoms with Crippen LogP contribution in [0.15, 0.2) is 18.2 Å². The van der Waals surface area contributed by atoms with E-state index < -0.39 is 11.6 Å². The van der Waals surface area contributed by atoms with E-state index >= 15 is 0 Å². The molecule has 1 fully saturated rings. The predicted octanol–water partition coefficient (Wildman–Crippen LogP) is 2.72. The normalized spacial score (nSPS) is 23.0. The highest BCUT2D eigenvalue weighted by atomic mass is 32.2. The van der Waals surface area contributed by atoms with Gasteiger partial charge in [0.25, 0.3) is 0 Å². The highest BCUT2D eigenvalue weighted by molar-refractivity contribution is 7.99. The Bertz CT molecular complexity index is 330. The van der Waals surface area contributed by atoms with E-state index in [9.17, 15) is 8.78 Å². The third kappa shape index (κ3) is 2.49. The molecule has 2 rings (SSSR count). The molecular weight excluding hydrogens is 216 g/mol. The number of nitrogens with two attached hydrogens (primary N) is 1. The van der Waals surface area contributed by atoms with Gasteiger partial charge in [0.15, 0.2) is 0 Å². The van der Waals surface area contributed by atoms with Crippen molar-refractivity contribution < 1.29 is 8.78 Å². The van der Waals surface area contributed by atoms with Crippen LogP contribution in [0.2, 0.25) is 0 Å². The molecular formula is C11H13F2NS. The van der Waals surface area contributed by atoms with E-state index in [0.717, 1.165) is 24.0 Å². The molecule has 2 atom stereocenters. The van der Waals surface area contributed by atoms with Crippen LogP contribution in [0.5, 0.6) is 0 Å². The minimum Gasteiger partial charge on any atom is -0.324 e. The maximum atomic E-state index is 13.0. The van der Waals surface area contributed by atoms with Crippen molar-refractivity contribution in [1.82, 2.24) is 0 Å². The maximum Gasteiger partial charge on any atom is 0.126 e. The van der Waals surface area contributed by atoms with Crippen molar-refractivity contribution in [3.05, 3.63) is 35.4 Å². The molecule has 1 aliphatic heterocycles. The van der Waals surface area contributed by atoms with Crippen molar-refractivity contribution in [2.24, 2.45) is 11.7 Å². The van der Waals surface area contributed by atoms with E-state index in [1.807, 2.05) is 11.8 Å². The molecule has 1 aliphatic rings. The van der Waals surface area contributed by atoms with Crippen LogP contribution in [0, 0.1) is 17.6 Å². The lowest BCUT2D eigenvalue weighted by Gasteiger charge is -2.18. The van der Waals surface area contributed by atoms with E-state index in [-0.39, 0.29) is 6.04 Å². The summed E-state index contributed by atoms with van der Waals surface area (Å²) in [7, 11) is 0. The largest absolute Gasteiger partial charge is 0.324 e.